The topological polar surface area (TPSA) is 65.0 Å². The van der Waals surface area contributed by atoms with Gasteiger partial charge in [0.05, 0.1) is 13.2 Å². The number of esters is 1. The van der Waals surface area contributed by atoms with Gasteiger partial charge in [0.1, 0.15) is 0 Å². The highest BCUT2D eigenvalue weighted by atomic mass is 35.5. The highest BCUT2D eigenvalue weighted by molar-refractivity contribution is 6.21. The fraction of sp³-hybridized carbons (Fsp3) is 0.947. The summed E-state index contributed by atoms with van der Waals surface area (Å²) in [5, 5.41) is 9.91. The van der Waals surface area contributed by atoms with Crippen molar-refractivity contribution in [1.82, 2.24) is 0 Å². The lowest BCUT2D eigenvalue weighted by molar-refractivity contribution is -0.197. The van der Waals surface area contributed by atoms with Crippen LogP contribution in [0.25, 0.3) is 0 Å². The Bertz CT molecular complexity index is 386. The fourth-order valence-corrected chi connectivity index (χ4v) is 4.53. The van der Waals surface area contributed by atoms with Gasteiger partial charge in [-0.2, -0.15) is 0 Å². The second-order valence-corrected chi connectivity index (χ2v) is 7.82. The maximum absolute atomic E-state index is 11.1. The molecule has 5 atom stereocenters. The molecule has 0 bridgehead atoms. The SMILES string of the molecule is COC(=O)CCCCCC[C@@H]1[C@@H](CO)[C@H](OC2CCCCO2)C[C@H]1Cl. The van der Waals surface area contributed by atoms with Crippen molar-refractivity contribution < 1.29 is 24.1 Å². The molecule has 1 aliphatic carbocycles. The van der Waals surface area contributed by atoms with E-state index in [0.717, 1.165) is 64.4 Å². The number of aliphatic hydroxyl groups excluding tert-OH is 1. The molecule has 1 saturated carbocycles. The van der Waals surface area contributed by atoms with Crippen LogP contribution >= 0.6 is 11.6 Å². The van der Waals surface area contributed by atoms with Gasteiger partial charge < -0.3 is 19.3 Å². The van der Waals surface area contributed by atoms with Crippen LogP contribution in [0.4, 0.5) is 0 Å². The molecule has 2 aliphatic rings. The summed E-state index contributed by atoms with van der Waals surface area (Å²) in [6, 6.07) is 0. The first-order chi connectivity index (χ1) is 12.2. The average molecular weight is 377 g/mol. The zero-order valence-corrected chi connectivity index (χ0v) is 16.1. The lowest BCUT2D eigenvalue weighted by Crippen LogP contribution is -2.33. The quantitative estimate of drug-likeness (QED) is 0.358. The van der Waals surface area contributed by atoms with E-state index in [2.05, 4.69) is 4.74 Å². The lowest BCUT2D eigenvalue weighted by Gasteiger charge is -2.29. The highest BCUT2D eigenvalue weighted by Gasteiger charge is 2.43. The average Bonchev–Trinajstić information content (AvgIpc) is 2.92. The number of hydrogen-bond donors (Lipinski definition) is 1. The molecule has 0 spiro atoms. The van der Waals surface area contributed by atoms with E-state index in [1.165, 1.54) is 7.11 Å². The Morgan fingerprint density at radius 2 is 2.00 bits per heavy atom. The predicted molar refractivity (Wildman–Crippen MR) is 96.5 cm³/mol. The minimum absolute atomic E-state index is 0.0000700. The van der Waals surface area contributed by atoms with Crippen LogP contribution in [-0.2, 0) is 19.0 Å². The molecule has 25 heavy (non-hydrogen) atoms. The maximum Gasteiger partial charge on any atom is 0.305 e. The number of ether oxygens (including phenoxy) is 3. The van der Waals surface area contributed by atoms with Crippen molar-refractivity contribution in [3.8, 4) is 0 Å². The van der Waals surface area contributed by atoms with Crippen LogP contribution in [0.5, 0.6) is 0 Å². The monoisotopic (exact) mass is 376 g/mol. The number of unbranched alkanes of at least 4 members (excludes halogenated alkanes) is 3. The van der Waals surface area contributed by atoms with Gasteiger partial charge in [0, 0.05) is 30.9 Å². The Morgan fingerprint density at radius 3 is 2.68 bits per heavy atom. The molecule has 2 rings (SSSR count). The number of hydrogen-bond acceptors (Lipinski definition) is 5. The number of halogens is 1. The standard InChI is InChI=1S/C19H33ClO5/c1-23-18(22)9-5-3-2-4-8-14-15(13-21)17(12-16(14)20)25-19-10-6-7-11-24-19/h14-17,19,21H,2-13H2,1H3/t14-,15-,16-,17-,19?/m1/s1. The largest absolute Gasteiger partial charge is 0.469 e. The minimum Gasteiger partial charge on any atom is -0.469 e. The van der Waals surface area contributed by atoms with E-state index in [1.807, 2.05) is 0 Å². The Morgan fingerprint density at radius 1 is 1.20 bits per heavy atom. The number of rotatable bonds is 10. The van der Waals surface area contributed by atoms with Crippen molar-refractivity contribution in [2.75, 3.05) is 20.3 Å². The molecular weight excluding hydrogens is 344 g/mol. The van der Waals surface area contributed by atoms with Crippen LogP contribution in [0, 0.1) is 11.8 Å². The minimum atomic E-state index is -0.137. The molecular formula is C19H33ClO5. The molecule has 1 saturated heterocycles. The third kappa shape index (κ3) is 6.70. The van der Waals surface area contributed by atoms with Gasteiger partial charge >= 0.3 is 5.97 Å². The first-order valence-electron chi connectivity index (χ1n) is 9.74. The Balaban J connectivity index is 1.69. The van der Waals surface area contributed by atoms with E-state index in [1.54, 1.807) is 0 Å². The number of methoxy groups -OCH3 is 1. The van der Waals surface area contributed by atoms with Gasteiger partial charge in [-0.3, -0.25) is 4.79 Å². The van der Waals surface area contributed by atoms with E-state index in [-0.39, 0.29) is 36.3 Å². The summed E-state index contributed by atoms with van der Waals surface area (Å²) in [7, 11) is 1.43. The fourth-order valence-electron chi connectivity index (χ4n) is 4.04. The van der Waals surface area contributed by atoms with Crippen molar-refractivity contribution in [2.24, 2.45) is 11.8 Å². The van der Waals surface area contributed by atoms with Crippen LogP contribution < -0.4 is 0 Å². The Hall–Kier alpha value is -0.360. The summed E-state index contributed by atoms with van der Waals surface area (Å²) < 4.78 is 16.4. The molecule has 6 heteroatoms. The molecule has 0 aromatic rings. The third-order valence-electron chi connectivity index (χ3n) is 5.52. The van der Waals surface area contributed by atoms with Crippen molar-refractivity contribution in [3.63, 3.8) is 0 Å². The van der Waals surface area contributed by atoms with Crippen LogP contribution in [0.3, 0.4) is 0 Å². The van der Waals surface area contributed by atoms with Gasteiger partial charge in [0.15, 0.2) is 6.29 Å². The summed E-state index contributed by atoms with van der Waals surface area (Å²) in [5.74, 6) is 0.255. The third-order valence-corrected chi connectivity index (χ3v) is 6.02. The summed E-state index contributed by atoms with van der Waals surface area (Å²) >= 11 is 6.57. The van der Waals surface area contributed by atoms with Crippen molar-refractivity contribution >= 4 is 17.6 Å². The maximum atomic E-state index is 11.1. The predicted octanol–water partition coefficient (Wildman–Crippen LogP) is 3.65. The second-order valence-electron chi connectivity index (χ2n) is 7.26. The van der Waals surface area contributed by atoms with Crippen LogP contribution in [-0.4, -0.2) is 49.2 Å². The van der Waals surface area contributed by atoms with E-state index in [0.29, 0.717) is 12.3 Å². The molecule has 1 aliphatic heterocycles. The number of aliphatic hydroxyl groups is 1. The first kappa shape index (κ1) is 20.9. The van der Waals surface area contributed by atoms with E-state index >= 15 is 0 Å². The van der Waals surface area contributed by atoms with Gasteiger partial charge in [-0.15, -0.1) is 11.6 Å². The van der Waals surface area contributed by atoms with Gasteiger partial charge in [-0.1, -0.05) is 19.3 Å². The van der Waals surface area contributed by atoms with Gasteiger partial charge in [0.2, 0.25) is 0 Å². The normalized spacial score (nSPS) is 32.7. The molecule has 0 radical (unpaired) electrons. The summed E-state index contributed by atoms with van der Waals surface area (Å²) in [4.78, 5) is 11.1. The van der Waals surface area contributed by atoms with Crippen molar-refractivity contribution in [3.05, 3.63) is 0 Å². The first-order valence-corrected chi connectivity index (χ1v) is 10.2. The van der Waals surface area contributed by atoms with E-state index < -0.39 is 0 Å². The Labute approximate surface area is 156 Å². The smallest absolute Gasteiger partial charge is 0.305 e. The molecule has 1 unspecified atom stereocenters. The molecule has 0 aromatic heterocycles. The van der Waals surface area contributed by atoms with Crippen LogP contribution in [0.15, 0.2) is 0 Å². The number of alkyl halides is 1. The van der Waals surface area contributed by atoms with Crippen LogP contribution in [0.1, 0.15) is 64.2 Å². The summed E-state index contributed by atoms with van der Waals surface area (Å²) in [6.07, 6.45) is 9.37. The van der Waals surface area contributed by atoms with E-state index in [4.69, 9.17) is 21.1 Å². The number of carbonyl (C=O) groups is 1. The molecule has 1 N–H and O–H groups in total. The zero-order valence-electron chi connectivity index (χ0n) is 15.3. The number of carbonyl (C=O) groups excluding carboxylic acids is 1. The zero-order chi connectivity index (χ0) is 18.1. The molecule has 0 amide bonds. The molecule has 1 heterocycles. The van der Waals surface area contributed by atoms with Crippen LogP contribution in [0.2, 0.25) is 0 Å². The molecule has 5 nitrogen and oxygen atoms in total. The van der Waals surface area contributed by atoms with Crippen molar-refractivity contribution in [2.45, 2.75) is 82.0 Å². The van der Waals surface area contributed by atoms with Gasteiger partial charge in [0.25, 0.3) is 0 Å². The van der Waals surface area contributed by atoms with Crippen molar-refractivity contribution in [1.29, 1.82) is 0 Å². The van der Waals surface area contributed by atoms with Gasteiger partial charge in [-0.25, -0.2) is 0 Å². The Kier molecular flexibility index (Phi) is 9.53. The summed E-state index contributed by atoms with van der Waals surface area (Å²) in [5.41, 5.74) is 0. The molecule has 2 fully saturated rings. The molecule has 0 aromatic carbocycles. The second kappa shape index (κ2) is 11.4. The lowest BCUT2D eigenvalue weighted by atomic mass is 9.90. The highest BCUT2D eigenvalue weighted by Crippen LogP contribution is 2.41. The van der Waals surface area contributed by atoms with Gasteiger partial charge in [-0.05, 0) is 44.4 Å². The molecule has 146 valence electrons. The summed E-state index contributed by atoms with van der Waals surface area (Å²) in [6.45, 7) is 0.883. The van der Waals surface area contributed by atoms with E-state index in [9.17, 15) is 9.90 Å².